The summed E-state index contributed by atoms with van der Waals surface area (Å²) < 4.78 is 5.80. The quantitative estimate of drug-likeness (QED) is 0.673. The van der Waals surface area contributed by atoms with E-state index >= 15 is 0 Å². The van der Waals surface area contributed by atoms with Gasteiger partial charge in [0.25, 0.3) is 5.91 Å². The SMILES string of the molecule is Cc1ccccc1-c1nnc(-c2ccc(C(=O)NC(C)C(=O)NC(C)(C)C)cc2)o1. The molecule has 0 aliphatic heterocycles. The van der Waals surface area contributed by atoms with Crippen LogP contribution in [0.3, 0.4) is 0 Å². The van der Waals surface area contributed by atoms with E-state index in [9.17, 15) is 9.59 Å². The Morgan fingerprint density at radius 1 is 0.967 bits per heavy atom. The van der Waals surface area contributed by atoms with Crippen LogP contribution in [0.25, 0.3) is 22.9 Å². The van der Waals surface area contributed by atoms with Crippen LogP contribution in [0.4, 0.5) is 0 Å². The van der Waals surface area contributed by atoms with E-state index in [-0.39, 0.29) is 17.4 Å². The Kier molecular flexibility index (Phi) is 6.01. The number of nitrogens with one attached hydrogen (secondary N) is 2. The van der Waals surface area contributed by atoms with Gasteiger partial charge in [0.05, 0.1) is 0 Å². The maximum atomic E-state index is 12.5. The molecule has 3 aromatic rings. The average molecular weight is 406 g/mol. The van der Waals surface area contributed by atoms with Gasteiger partial charge in [-0.15, -0.1) is 10.2 Å². The molecule has 1 aromatic heterocycles. The highest BCUT2D eigenvalue weighted by Crippen LogP contribution is 2.26. The first-order valence-electron chi connectivity index (χ1n) is 9.77. The average Bonchev–Trinajstić information content (AvgIpc) is 3.17. The molecular formula is C23H26N4O3. The van der Waals surface area contributed by atoms with Crippen LogP contribution in [0, 0.1) is 6.92 Å². The molecule has 2 amide bonds. The second-order valence-corrected chi connectivity index (χ2v) is 8.24. The van der Waals surface area contributed by atoms with E-state index in [1.54, 1.807) is 31.2 Å². The van der Waals surface area contributed by atoms with Gasteiger partial charge in [0, 0.05) is 22.2 Å². The van der Waals surface area contributed by atoms with Crippen LogP contribution in [0.2, 0.25) is 0 Å². The van der Waals surface area contributed by atoms with Crippen molar-refractivity contribution in [2.24, 2.45) is 0 Å². The lowest BCUT2D eigenvalue weighted by Crippen LogP contribution is -2.50. The maximum Gasteiger partial charge on any atom is 0.251 e. The van der Waals surface area contributed by atoms with Gasteiger partial charge in [-0.1, -0.05) is 18.2 Å². The first-order valence-corrected chi connectivity index (χ1v) is 9.77. The lowest BCUT2D eigenvalue weighted by atomic mass is 10.1. The second kappa shape index (κ2) is 8.49. The van der Waals surface area contributed by atoms with Crippen LogP contribution in [-0.4, -0.2) is 33.6 Å². The molecule has 7 heteroatoms. The zero-order valence-corrected chi connectivity index (χ0v) is 17.8. The van der Waals surface area contributed by atoms with Crippen molar-refractivity contribution in [3.05, 3.63) is 59.7 Å². The fourth-order valence-corrected chi connectivity index (χ4v) is 2.85. The Morgan fingerprint density at radius 2 is 1.60 bits per heavy atom. The summed E-state index contributed by atoms with van der Waals surface area (Å²) in [4.78, 5) is 24.6. The highest BCUT2D eigenvalue weighted by Gasteiger charge is 2.21. The molecule has 2 N–H and O–H groups in total. The topological polar surface area (TPSA) is 97.1 Å². The molecule has 0 aliphatic carbocycles. The van der Waals surface area contributed by atoms with Crippen molar-refractivity contribution >= 4 is 11.8 Å². The molecule has 0 saturated heterocycles. The fourth-order valence-electron chi connectivity index (χ4n) is 2.85. The summed E-state index contributed by atoms with van der Waals surface area (Å²) >= 11 is 0. The van der Waals surface area contributed by atoms with E-state index in [4.69, 9.17) is 4.42 Å². The summed E-state index contributed by atoms with van der Waals surface area (Å²) in [5.41, 5.74) is 2.71. The molecule has 0 bridgehead atoms. The molecule has 0 aliphatic rings. The summed E-state index contributed by atoms with van der Waals surface area (Å²) in [6, 6.07) is 13.9. The van der Waals surface area contributed by atoms with Gasteiger partial charge in [-0.2, -0.15) is 0 Å². The number of nitrogens with zero attached hydrogens (tertiary/aromatic N) is 2. The second-order valence-electron chi connectivity index (χ2n) is 8.24. The summed E-state index contributed by atoms with van der Waals surface area (Å²) in [5.74, 6) is 0.257. The van der Waals surface area contributed by atoms with E-state index in [1.165, 1.54) is 0 Å². The third-order valence-electron chi connectivity index (χ3n) is 4.43. The molecule has 30 heavy (non-hydrogen) atoms. The standard InChI is InChI=1S/C23H26N4O3/c1-14-8-6-7-9-18(14)22-27-26-21(30-22)17-12-10-16(11-13-17)20(29)24-15(2)19(28)25-23(3,4)5/h6-13,15H,1-5H3,(H,24,29)(H,25,28). The molecule has 0 saturated carbocycles. The molecule has 3 rings (SSSR count). The molecule has 0 radical (unpaired) electrons. The van der Waals surface area contributed by atoms with Gasteiger partial charge in [-0.05, 0) is 70.5 Å². The Morgan fingerprint density at radius 3 is 2.23 bits per heavy atom. The van der Waals surface area contributed by atoms with Gasteiger partial charge in [-0.25, -0.2) is 0 Å². The van der Waals surface area contributed by atoms with Crippen LogP contribution >= 0.6 is 0 Å². The first kappa shape index (κ1) is 21.2. The number of carbonyl (C=O) groups is 2. The maximum absolute atomic E-state index is 12.5. The van der Waals surface area contributed by atoms with Gasteiger partial charge < -0.3 is 15.1 Å². The Labute approximate surface area is 175 Å². The minimum atomic E-state index is -0.649. The van der Waals surface area contributed by atoms with Gasteiger partial charge in [0.2, 0.25) is 17.7 Å². The third kappa shape index (κ3) is 5.11. The zero-order valence-electron chi connectivity index (χ0n) is 17.8. The molecular weight excluding hydrogens is 380 g/mol. The molecule has 0 spiro atoms. The van der Waals surface area contributed by atoms with Gasteiger partial charge in [0.1, 0.15) is 6.04 Å². The van der Waals surface area contributed by atoms with Crippen molar-refractivity contribution < 1.29 is 14.0 Å². The van der Waals surface area contributed by atoms with Gasteiger partial charge in [0.15, 0.2) is 0 Å². The van der Waals surface area contributed by atoms with E-state index in [1.807, 2.05) is 52.0 Å². The van der Waals surface area contributed by atoms with Crippen molar-refractivity contribution in [1.82, 2.24) is 20.8 Å². The van der Waals surface area contributed by atoms with Gasteiger partial charge >= 0.3 is 0 Å². The summed E-state index contributed by atoms with van der Waals surface area (Å²) in [7, 11) is 0. The van der Waals surface area contributed by atoms with Crippen molar-refractivity contribution in [3.63, 3.8) is 0 Å². The van der Waals surface area contributed by atoms with Crippen LogP contribution in [-0.2, 0) is 4.79 Å². The Balaban J connectivity index is 1.69. The number of amides is 2. The van der Waals surface area contributed by atoms with Crippen LogP contribution in [0.15, 0.2) is 52.9 Å². The predicted octanol–water partition coefficient (Wildman–Crippen LogP) is 3.75. The van der Waals surface area contributed by atoms with E-state index < -0.39 is 6.04 Å². The van der Waals surface area contributed by atoms with Gasteiger partial charge in [-0.3, -0.25) is 9.59 Å². The van der Waals surface area contributed by atoms with Crippen molar-refractivity contribution in [2.75, 3.05) is 0 Å². The number of hydrogen-bond donors (Lipinski definition) is 2. The number of benzene rings is 2. The zero-order chi connectivity index (χ0) is 21.9. The molecule has 1 heterocycles. The molecule has 0 fully saturated rings. The Hall–Kier alpha value is -3.48. The van der Waals surface area contributed by atoms with Crippen molar-refractivity contribution in [1.29, 1.82) is 0 Å². The van der Waals surface area contributed by atoms with E-state index in [0.717, 1.165) is 11.1 Å². The first-order chi connectivity index (χ1) is 14.1. The van der Waals surface area contributed by atoms with Crippen molar-refractivity contribution in [2.45, 2.75) is 46.2 Å². The minimum Gasteiger partial charge on any atom is -0.416 e. The van der Waals surface area contributed by atoms with E-state index in [2.05, 4.69) is 20.8 Å². The predicted molar refractivity (Wildman–Crippen MR) is 115 cm³/mol. The molecule has 2 aromatic carbocycles. The molecule has 156 valence electrons. The normalized spacial score (nSPS) is 12.3. The van der Waals surface area contributed by atoms with Crippen LogP contribution in [0.5, 0.6) is 0 Å². The van der Waals surface area contributed by atoms with Crippen LogP contribution < -0.4 is 10.6 Å². The molecule has 7 nitrogen and oxygen atoms in total. The number of carbonyl (C=O) groups excluding carboxylic acids is 2. The monoisotopic (exact) mass is 406 g/mol. The highest BCUT2D eigenvalue weighted by molar-refractivity contribution is 5.97. The Bertz CT molecular complexity index is 1050. The third-order valence-corrected chi connectivity index (χ3v) is 4.43. The lowest BCUT2D eigenvalue weighted by Gasteiger charge is -2.23. The van der Waals surface area contributed by atoms with E-state index in [0.29, 0.717) is 22.9 Å². The smallest absolute Gasteiger partial charge is 0.251 e. The van der Waals surface area contributed by atoms with Crippen molar-refractivity contribution in [3.8, 4) is 22.9 Å². The molecule has 1 atom stereocenters. The number of aromatic nitrogens is 2. The lowest BCUT2D eigenvalue weighted by molar-refractivity contribution is -0.124. The number of aryl methyl sites for hydroxylation is 1. The minimum absolute atomic E-state index is 0.234. The van der Waals surface area contributed by atoms with Crippen LogP contribution in [0.1, 0.15) is 43.6 Å². The number of hydrogen-bond acceptors (Lipinski definition) is 5. The number of rotatable bonds is 5. The highest BCUT2D eigenvalue weighted by atomic mass is 16.4. The fraction of sp³-hybridized carbons (Fsp3) is 0.304. The summed E-state index contributed by atoms with van der Waals surface area (Å²) in [5, 5.41) is 13.8. The largest absolute Gasteiger partial charge is 0.416 e. The summed E-state index contributed by atoms with van der Waals surface area (Å²) in [6.45, 7) is 9.30. The summed E-state index contributed by atoms with van der Waals surface area (Å²) in [6.07, 6.45) is 0. The molecule has 1 unspecified atom stereocenters.